The first kappa shape index (κ1) is 40.3. The van der Waals surface area contributed by atoms with Gasteiger partial charge < -0.3 is 29.7 Å². The van der Waals surface area contributed by atoms with Crippen LogP contribution >= 0.6 is 0 Å². The molecule has 0 aliphatic carbocycles. The van der Waals surface area contributed by atoms with Crippen LogP contribution in [0.4, 0.5) is 4.79 Å². The van der Waals surface area contributed by atoms with E-state index in [0.29, 0.717) is 25.9 Å². The van der Waals surface area contributed by atoms with Crippen molar-refractivity contribution in [3.63, 3.8) is 0 Å². The van der Waals surface area contributed by atoms with Gasteiger partial charge in [0.1, 0.15) is 5.60 Å². The molecule has 1 aliphatic rings. The Balaban J connectivity index is 1.42. The molecule has 0 saturated carbocycles. The summed E-state index contributed by atoms with van der Waals surface area (Å²) in [5, 5.41) is 5.56. The first-order valence-electron chi connectivity index (χ1n) is 18.8. The Hall–Kier alpha value is -5.90. The number of amides is 3. The molecule has 55 heavy (non-hydrogen) atoms. The van der Waals surface area contributed by atoms with E-state index in [1.165, 1.54) is 24.1 Å². The fraction of sp³-hybridized carbons (Fsp3) is 0.333. The lowest BCUT2D eigenvalue weighted by Crippen LogP contribution is -2.63. The molecular formula is C45H51N3O7. The summed E-state index contributed by atoms with van der Waals surface area (Å²) >= 11 is 0. The van der Waals surface area contributed by atoms with Gasteiger partial charge >= 0.3 is 12.1 Å². The Labute approximate surface area is 323 Å². The maximum atomic E-state index is 14.6. The molecule has 1 aliphatic heterocycles. The van der Waals surface area contributed by atoms with Gasteiger partial charge in [0.05, 0.1) is 12.1 Å². The number of esters is 1. The van der Waals surface area contributed by atoms with Crippen LogP contribution in [-0.4, -0.2) is 65.7 Å². The summed E-state index contributed by atoms with van der Waals surface area (Å²) < 4.78 is 17.9. The normalized spacial score (nSPS) is 16.6. The summed E-state index contributed by atoms with van der Waals surface area (Å²) in [6, 6.07) is 35.0. The zero-order valence-electron chi connectivity index (χ0n) is 32.2. The molecule has 0 saturated heterocycles. The lowest BCUT2D eigenvalue weighted by molar-refractivity contribution is -0.154. The second kappa shape index (κ2) is 18.9. The number of rotatable bonds is 14. The maximum Gasteiger partial charge on any atom is 0.408 e. The average Bonchev–Trinajstić information content (AvgIpc) is 3.16. The summed E-state index contributed by atoms with van der Waals surface area (Å²) in [5.41, 5.74) is 4.08. The lowest BCUT2D eigenvalue weighted by Gasteiger charge is -2.39. The average molecular weight is 746 g/mol. The number of hydrogen-bond donors (Lipinski definition) is 2. The molecule has 3 atom stereocenters. The van der Waals surface area contributed by atoms with Gasteiger partial charge in [-0.25, -0.2) is 9.59 Å². The summed E-state index contributed by atoms with van der Waals surface area (Å²) in [7, 11) is 0. The Morgan fingerprint density at radius 1 is 0.745 bits per heavy atom. The minimum absolute atomic E-state index is 0.275. The van der Waals surface area contributed by atoms with Crippen molar-refractivity contribution in [3.8, 4) is 0 Å². The Kier molecular flexibility index (Phi) is 13.9. The van der Waals surface area contributed by atoms with Crippen molar-refractivity contribution >= 4 is 23.9 Å². The second-order valence-corrected chi connectivity index (χ2v) is 14.6. The molecule has 0 bridgehead atoms. The predicted octanol–water partition coefficient (Wildman–Crippen LogP) is 7.07. The van der Waals surface area contributed by atoms with E-state index in [1.807, 2.05) is 85.8 Å². The second-order valence-electron chi connectivity index (χ2n) is 14.6. The Bertz CT molecular complexity index is 1870. The standard InChI is InChI=1S/C45H51N3O7/c1-6-27-48(28-26-32-22-24-34(25-23-32)29-33-16-10-7-11-17-33)42(50)41-39(46-31(2)49)37(47-44(52)55-45(3,4)5)30-38(53-41)43(51)54-40(35-18-12-8-13-19-35)36-20-14-9-15-21-36/h7-25,30,37,39-41H,6,26-29H2,1-5H3,(H,46,49)(H,47,52)/t37-,39+,41+/m0/s1. The fourth-order valence-electron chi connectivity index (χ4n) is 6.45. The number of carbonyl (C=O) groups is 4. The van der Waals surface area contributed by atoms with Crippen molar-refractivity contribution in [1.29, 1.82) is 0 Å². The third-order valence-corrected chi connectivity index (χ3v) is 8.98. The van der Waals surface area contributed by atoms with Crippen molar-refractivity contribution in [2.45, 2.75) is 83.8 Å². The van der Waals surface area contributed by atoms with Gasteiger partial charge in [0, 0.05) is 20.0 Å². The molecular weight excluding hydrogens is 695 g/mol. The van der Waals surface area contributed by atoms with Crippen LogP contribution in [0.25, 0.3) is 0 Å². The van der Waals surface area contributed by atoms with Crippen molar-refractivity contribution < 1.29 is 33.4 Å². The van der Waals surface area contributed by atoms with Gasteiger partial charge in [0.25, 0.3) is 5.91 Å². The minimum atomic E-state index is -1.39. The number of ether oxygens (including phenoxy) is 3. The van der Waals surface area contributed by atoms with Gasteiger partial charge in [0.15, 0.2) is 12.2 Å². The summed E-state index contributed by atoms with van der Waals surface area (Å²) in [6.07, 6.45) is 0.425. The molecule has 3 amide bonds. The molecule has 0 spiro atoms. The van der Waals surface area contributed by atoms with Crippen LogP contribution in [0.5, 0.6) is 0 Å². The number of nitrogens with one attached hydrogen (secondary N) is 2. The third kappa shape index (κ3) is 11.8. The smallest absolute Gasteiger partial charge is 0.408 e. The van der Waals surface area contributed by atoms with Crippen LogP contribution in [0.2, 0.25) is 0 Å². The maximum absolute atomic E-state index is 14.6. The number of alkyl carbamates (subject to hydrolysis) is 1. The topological polar surface area (TPSA) is 123 Å². The monoisotopic (exact) mass is 745 g/mol. The van der Waals surface area contributed by atoms with Gasteiger partial charge in [-0.15, -0.1) is 0 Å². The van der Waals surface area contributed by atoms with Crippen LogP contribution in [0.3, 0.4) is 0 Å². The Morgan fingerprint density at radius 2 is 1.29 bits per heavy atom. The van der Waals surface area contributed by atoms with E-state index >= 15 is 0 Å². The number of benzene rings is 4. The fourth-order valence-corrected chi connectivity index (χ4v) is 6.45. The van der Waals surface area contributed by atoms with E-state index in [1.54, 1.807) is 25.7 Å². The SMILES string of the molecule is CCCN(CCc1ccc(Cc2ccccc2)cc1)C(=O)[C@@H]1OC(C(=O)OC(c2ccccc2)c2ccccc2)=C[C@H](NC(=O)OC(C)(C)C)[C@H]1NC(C)=O. The number of carbonyl (C=O) groups excluding carboxylic acids is 4. The zero-order chi connectivity index (χ0) is 39.4. The predicted molar refractivity (Wildman–Crippen MR) is 211 cm³/mol. The highest BCUT2D eigenvalue weighted by atomic mass is 16.6. The quantitative estimate of drug-likeness (QED) is 0.132. The van der Waals surface area contributed by atoms with Crippen molar-refractivity contribution in [1.82, 2.24) is 15.5 Å². The van der Waals surface area contributed by atoms with Gasteiger partial charge in [-0.2, -0.15) is 0 Å². The highest BCUT2D eigenvalue weighted by Crippen LogP contribution is 2.29. The van der Waals surface area contributed by atoms with Crippen molar-refractivity contribution in [3.05, 3.63) is 155 Å². The minimum Gasteiger partial charge on any atom is -0.471 e. The molecule has 1 heterocycles. The van der Waals surface area contributed by atoms with Gasteiger partial charge in [0.2, 0.25) is 11.7 Å². The lowest BCUT2D eigenvalue weighted by atomic mass is 9.96. The zero-order valence-corrected chi connectivity index (χ0v) is 32.2. The molecule has 0 radical (unpaired) electrons. The van der Waals surface area contributed by atoms with Gasteiger partial charge in [-0.3, -0.25) is 9.59 Å². The Morgan fingerprint density at radius 3 is 1.84 bits per heavy atom. The molecule has 10 heteroatoms. The van der Waals surface area contributed by atoms with E-state index in [0.717, 1.165) is 23.1 Å². The first-order valence-corrected chi connectivity index (χ1v) is 18.8. The van der Waals surface area contributed by atoms with Crippen LogP contribution in [0.1, 0.15) is 75.0 Å². The summed E-state index contributed by atoms with van der Waals surface area (Å²) in [5.74, 6) is -2.01. The molecule has 288 valence electrons. The van der Waals surface area contributed by atoms with E-state index in [9.17, 15) is 19.2 Å². The van der Waals surface area contributed by atoms with Crippen molar-refractivity contribution in [2.24, 2.45) is 0 Å². The molecule has 0 aromatic heterocycles. The first-order chi connectivity index (χ1) is 26.4. The van der Waals surface area contributed by atoms with Gasteiger partial charge in [-0.1, -0.05) is 122 Å². The number of hydrogen-bond acceptors (Lipinski definition) is 7. The van der Waals surface area contributed by atoms with E-state index in [4.69, 9.17) is 14.2 Å². The molecule has 4 aromatic carbocycles. The highest BCUT2D eigenvalue weighted by Gasteiger charge is 2.45. The van der Waals surface area contributed by atoms with E-state index in [-0.39, 0.29) is 5.76 Å². The summed E-state index contributed by atoms with van der Waals surface area (Å²) in [4.78, 5) is 56.1. The highest BCUT2D eigenvalue weighted by molar-refractivity contribution is 5.90. The van der Waals surface area contributed by atoms with E-state index in [2.05, 4.69) is 47.0 Å². The molecule has 5 rings (SSSR count). The molecule has 0 fully saturated rings. The molecule has 0 unspecified atom stereocenters. The van der Waals surface area contributed by atoms with Crippen LogP contribution in [0.15, 0.2) is 127 Å². The van der Waals surface area contributed by atoms with Gasteiger partial charge in [-0.05, 0) is 73.9 Å². The van der Waals surface area contributed by atoms with Crippen LogP contribution in [0, 0.1) is 0 Å². The third-order valence-electron chi connectivity index (χ3n) is 8.98. The largest absolute Gasteiger partial charge is 0.471 e. The molecule has 2 N–H and O–H groups in total. The van der Waals surface area contributed by atoms with E-state index < -0.39 is 53.8 Å². The van der Waals surface area contributed by atoms with Crippen LogP contribution < -0.4 is 10.6 Å². The van der Waals surface area contributed by atoms with Crippen LogP contribution in [-0.2, 0) is 41.4 Å². The number of nitrogens with zero attached hydrogens (tertiary/aromatic N) is 1. The molecule has 4 aromatic rings. The summed E-state index contributed by atoms with van der Waals surface area (Å²) in [6.45, 7) is 9.20. The molecule has 10 nitrogen and oxygen atoms in total. The van der Waals surface area contributed by atoms with Crippen molar-refractivity contribution in [2.75, 3.05) is 13.1 Å².